The molecule has 0 N–H and O–H groups in total. The number of likely N-dealkylation sites (N-methyl/N-ethyl adjacent to an activating group) is 1. The molecular weight excluding hydrogens is 180 g/mol. The van der Waals surface area contributed by atoms with Crippen LogP contribution in [-0.4, -0.2) is 54.7 Å². The van der Waals surface area contributed by atoms with Gasteiger partial charge in [0, 0.05) is 25.2 Å². The number of piperazine rings is 1. The van der Waals surface area contributed by atoms with Gasteiger partial charge >= 0.3 is 6.09 Å². The molecule has 0 aromatic heterocycles. The van der Waals surface area contributed by atoms with Gasteiger partial charge in [-0.25, -0.2) is 4.79 Å². The molecule has 0 saturated carbocycles. The molecular formula is C10H20N2O2. The van der Waals surface area contributed by atoms with Crippen molar-refractivity contribution >= 4 is 6.09 Å². The van der Waals surface area contributed by atoms with E-state index in [9.17, 15) is 4.79 Å². The number of carbonyl (C=O) groups excluding carboxylic acids is 1. The van der Waals surface area contributed by atoms with E-state index in [1.54, 1.807) is 0 Å². The second-order valence-corrected chi connectivity index (χ2v) is 3.99. The lowest BCUT2D eigenvalue weighted by Crippen LogP contribution is -2.56. The molecule has 1 heterocycles. The van der Waals surface area contributed by atoms with E-state index in [0.29, 0.717) is 12.6 Å². The van der Waals surface area contributed by atoms with Crippen LogP contribution in [0, 0.1) is 0 Å². The van der Waals surface area contributed by atoms with Gasteiger partial charge in [-0.1, -0.05) is 0 Å². The summed E-state index contributed by atoms with van der Waals surface area (Å²) >= 11 is 0. The molecule has 2 atom stereocenters. The molecule has 0 aliphatic carbocycles. The Kier molecular flexibility index (Phi) is 3.75. The van der Waals surface area contributed by atoms with Gasteiger partial charge in [0.15, 0.2) is 0 Å². The van der Waals surface area contributed by atoms with Crippen LogP contribution in [0.3, 0.4) is 0 Å². The lowest BCUT2D eigenvalue weighted by molar-refractivity contribution is 0.0406. The highest BCUT2D eigenvalue weighted by Crippen LogP contribution is 2.14. The Hall–Kier alpha value is -0.770. The fourth-order valence-corrected chi connectivity index (χ4v) is 1.76. The average molecular weight is 200 g/mol. The zero-order valence-electron chi connectivity index (χ0n) is 9.49. The molecule has 1 fully saturated rings. The fraction of sp³-hybridized carbons (Fsp3) is 0.900. The Morgan fingerprint density at radius 3 is 2.57 bits per heavy atom. The van der Waals surface area contributed by atoms with E-state index >= 15 is 0 Å². The van der Waals surface area contributed by atoms with E-state index in [-0.39, 0.29) is 12.1 Å². The van der Waals surface area contributed by atoms with E-state index in [2.05, 4.69) is 25.8 Å². The lowest BCUT2D eigenvalue weighted by atomic mass is 10.1. The molecule has 4 nitrogen and oxygen atoms in total. The molecule has 1 rings (SSSR count). The summed E-state index contributed by atoms with van der Waals surface area (Å²) in [6.45, 7) is 8.14. The van der Waals surface area contributed by atoms with Gasteiger partial charge in [-0.2, -0.15) is 0 Å². The maximum Gasteiger partial charge on any atom is 0.410 e. The molecule has 0 radical (unpaired) electrons. The smallest absolute Gasteiger partial charge is 0.410 e. The Morgan fingerprint density at radius 1 is 1.36 bits per heavy atom. The van der Waals surface area contributed by atoms with E-state index < -0.39 is 0 Å². The molecule has 1 aliphatic rings. The summed E-state index contributed by atoms with van der Waals surface area (Å²) in [5, 5.41) is 0. The van der Waals surface area contributed by atoms with Gasteiger partial charge in [-0.05, 0) is 27.8 Å². The van der Waals surface area contributed by atoms with Crippen LogP contribution < -0.4 is 0 Å². The van der Waals surface area contributed by atoms with Crippen LogP contribution in [0.1, 0.15) is 20.8 Å². The molecule has 0 bridgehead atoms. The first kappa shape index (κ1) is 11.3. The lowest BCUT2D eigenvalue weighted by Gasteiger charge is -2.41. The number of hydrogen-bond acceptors (Lipinski definition) is 3. The van der Waals surface area contributed by atoms with Crippen molar-refractivity contribution in [3.05, 3.63) is 0 Å². The highest BCUT2D eigenvalue weighted by Gasteiger charge is 2.30. The van der Waals surface area contributed by atoms with Crippen molar-refractivity contribution in [1.29, 1.82) is 0 Å². The number of rotatable bonds is 1. The third-order valence-electron chi connectivity index (χ3n) is 2.80. The maximum atomic E-state index is 11.5. The molecule has 4 heteroatoms. The third-order valence-corrected chi connectivity index (χ3v) is 2.80. The van der Waals surface area contributed by atoms with Crippen molar-refractivity contribution < 1.29 is 9.53 Å². The quantitative estimate of drug-likeness (QED) is 0.637. The number of hydrogen-bond donors (Lipinski definition) is 0. The van der Waals surface area contributed by atoms with Gasteiger partial charge in [-0.15, -0.1) is 0 Å². The van der Waals surface area contributed by atoms with Gasteiger partial charge in [0.2, 0.25) is 0 Å². The minimum Gasteiger partial charge on any atom is -0.450 e. The number of amides is 1. The predicted molar refractivity (Wildman–Crippen MR) is 55.3 cm³/mol. The summed E-state index contributed by atoms with van der Waals surface area (Å²) in [6.07, 6.45) is -0.181. The monoisotopic (exact) mass is 200 g/mol. The van der Waals surface area contributed by atoms with Crippen LogP contribution in [0.4, 0.5) is 4.79 Å². The normalized spacial score (nSPS) is 29.0. The van der Waals surface area contributed by atoms with Crippen LogP contribution in [0.2, 0.25) is 0 Å². The summed E-state index contributed by atoms with van der Waals surface area (Å²) in [5.41, 5.74) is 0. The summed E-state index contributed by atoms with van der Waals surface area (Å²) in [4.78, 5) is 15.6. The minimum absolute atomic E-state index is 0.181. The standard InChI is InChI=1S/C10H20N2O2/c1-5-14-10(13)12-7-8(2)11(4)6-9(12)3/h8-9H,5-7H2,1-4H3. The van der Waals surface area contributed by atoms with Gasteiger partial charge in [0.25, 0.3) is 0 Å². The van der Waals surface area contributed by atoms with E-state index in [0.717, 1.165) is 13.1 Å². The highest BCUT2D eigenvalue weighted by atomic mass is 16.6. The van der Waals surface area contributed by atoms with Crippen LogP contribution >= 0.6 is 0 Å². The summed E-state index contributed by atoms with van der Waals surface area (Å²) in [5.74, 6) is 0. The highest BCUT2D eigenvalue weighted by molar-refractivity contribution is 5.68. The van der Waals surface area contributed by atoms with Gasteiger partial charge < -0.3 is 9.64 Å². The van der Waals surface area contributed by atoms with Crippen molar-refractivity contribution in [3.63, 3.8) is 0 Å². The van der Waals surface area contributed by atoms with Gasteiger partial charge in [0.1, 0.15) is 0 Å². The largest absolute Gasteiger partial charge is 0.450 e. The molecule has 1 amide bonds. The van der Waals surface area contributed by atoms with Crippen LogP contribution in [0.15, 0.2) is 0 Å². The van der Waals surface area contributed by atoms with Crippen molar-refractivity contribution in [2.45, 2.75) is 32.9 Å². The third kappa shape index (κ3) is 2.38. The first-order valence-electron chi connectivity index (χ1n) is 5.19. The molecule has 82 valence electrons. The maximum absolute atomic E-state index is 11.5. The number of carbonyl (C=O) groups is 1. The second-order valence-electron chi connectivity index (χ2n) is 3.99. The van der Waals surface area contributed by atoms with Crippen LogP contribution in [0.25, 0.3) is 0 Å². The molecule has 0 spiro atoms. The van der Waals surface area contributed by atoms with Crippen molar-refractivity contribution in [2.75, 3.05) is 26.7 Å². The summed E-state index contributed by atoms with van der Waals surface area (Å²) in [6, 6.07) is 0.658. The van der Waals surface area contributed by atoms with Crippen LogP contribution in [-0.2, 0) is 4.74 Å². The van der Waals surface area contributed by atoms with E-state index in [1.165, 1.54) is 0 Å². The molecule has 1 aliphatic heterocycles. The summed E-state index contributed by atoms with van der Waals surface area (Å²) in [7, 11) is 2.09. The zero-order valence-corrected chi connectivity index (χ0v) is 9.49. The van der Waals surface area contributed by atoms with Crippen LogP contribution in [0.5, 0.6) is 0 Å². The molecule has 1 saturated heterocycles. The van der Waals surface area contributed by atoms with Gasteiger partial charge in [-0.3, -0.25) is 4.90 Å². The molecule has 14 heavy (non-hydrogen) atoms. The van der Waals surface area contributed by atoms with Crippen molar-refractivity contribution in [2.24, 2.45) is 0 Å². The topological polar surface area (TPSA) is 32.8 Å². The van der Waals surface area contributed by atoms with Gasteiger partial charge in [0.05, 0.1) is 6.61 Å². The first-order chi connectivity index (χ1) is 6.56. The first-order valence-corrected chi connectivity index (χ1v) is 5.19. The predicted octanol–water partition coefficient (Wildman–Crippen LogP) is 1.17. The Morgan fingerprint density at radius 2 is 2.00 bits per heavy atom. The SMILES string of the molecule is CCOC(=O)N1CC(C)N(C)CC1C. The average Bonchev–Trinajstić information content (AvgIpc) is 2.11. The minimum atomic E-state index is -0.181. The molecule has 2 unspecified atom stereocenters. The van der Waals surface area contributed by atoms with E-state index in [1.807, 2.05) is 11.8 Å². The number of ether oxygens (including phenoxy) is 1. The molecule has 0 aromatic carbocycles. The Balaban J connectivity index is 2.56. The Bertz CT molecular complexity index is 208. The van der Waals surface area contributed by atoms with Crippen molar-refractivity contribution in [1.82, 2.24) is 9.80 Å². The summed E-state index contributed by atoms with van der Waals surface area (Å²) < 4.78 is 5.00. The zero-order chi connectivity index (χ0) is 10.7. The van der Waals surface area contributed by atoms with E-state index in [4.69, 9.17) is 4.74 Å². The molecule has 0 aromatic rings. The Labute approximate surface area is 85.8 Å². The second kappa shape index (κ2) is 4.64. The fourth-order valence-electron chi connectivity index (χ4n) is 1.76. The van der Waals surface area contributed by atoms with Crippen molar-refractivity contribution in [3.8, 4) is 0 Å². The number of nitrogens with zero attached hydrogens (tertiary/aromatic N) is 2.